The van der Waals surface area contributed by atoms with Crippen molar-refractivity contribution in [2.24, 2.45) is 0 Å². The highest BCUT2D eigenvalue weighted by atomic mass is 32.2. The summed E-state index contributed by atoms with van der Waals surface area (Å²) < 4.78 is 16.8. The normalized spacial score (nSPS) is 12.4. The Hall–Kier alpha value is -1.76. The summed E-state index contributed by atoms with van der Waals surface area (Å²) in [6.07, 6.45) is 3.28. The molecular weight excluding hydrogens is 330 g/mol. The van der Waals surface area contributed by atoms with E-state index in [1.54, 1.807) is 24.5 Å². The quantitative estimate of drug-likeness (QED) is 0.744. The minimum atomic E-state index is -0.966. The van der Waals surface area contributed by atoms with E-state index in [2.05, 4.69) is 5.32 Å². The van der Waals surface area contributed by atoms with Gasteiger partial charge < -0.3 is 10.1 Å². The molecule has 4 nitrogen and oxygen atoms in total. The van der Waals surface area contributed by atoms with Crippen LogP contribution in [-0.2, 0) is 26.1 Å². The number of amides is 1. The molecule has 2 rings (SSSR count). The Balaban J connectivity index is 1.91. The molecule has 0 radical (unpaired) electrons. The van der Waals surface area contributed by atoms with Crippen LogP contribution < -0.4 is 5.32 Å². The van der Waals surface area contributed by atoms with E-state index < -0.39 is 10.8 Å². The second-order valence-electron chi connectivity index (χ2n) is 4.86. The maximum atomic E-state index is 11.9. The van der Waals surface area contributed by atoms with E-state index in [4.69, 9.17) is 4.74 Å². The Labute approximate surface area is 142 Å². The van der Waals surface area contributed by atoms with Gasteiger partial charge in [-0.25, -0.2) is 0 Å². The maximum Gasteiger partial charge on any atom is 0.248 e. The van der Waals surface area contributed by atoms with Crippen LogP contribution in [0.15, 0.2) is 47.2 Å². The smallest absolute Gasteiger partial charge is 0.248 e. The molecule has 1 N–H and O–H groups in total. The predicted octanol–water partition coefficient (Wildman–Crippen LogP) is 3.30. The summed E-state index contributed by atoms with van der Waals surface area (Å²) in [4.78, 5) is 11.9. The lowest BCUT2D eigenvalue weighted by Gasteiger charge is -2.06. The van der Waals surface area contributed by atoms with Crippen molar-refractivity contribution < 1.29 is 13.7 Å². The van der Waals surface area contributed by atoms with Crippen molar-refractivity contribution in [1.29, 1.82) is 0 Å². The Morgan fingerprint density at radius 3 is 3.00 bits per heavy atom. The molecule has 1 atom stereocenters. The second kappa shape index (κ2) is 9.39. The van der Waals surface area contributed by atoms with E-state index in [1.165, 1.54) is 6.08 Å². The highest BCUT2D eigenvalue weighted by Gasteiger charge is 2.04. The van der Waals surface area contributed by atoms with Crippen molar-refractivity contribution in [2.75, 3.05) is 24.8 Å². The number of hydrogen-bond donors (Lipinski definition) is 1. The molecule has 2 aromatic rings. The van der Waals surface area contributed by atoms with Crippen LogP contribution in [0.3, 0.4) is 0 Å². The number of thiophene rings is 1. The third-order valence-corrected chi connectivity index (χ3v) is 4.99. The highest BCUT2D eigenvalue weighted by Crippen LogP contribution is 2.13. The molecule has 0 saturated carbocycles. The molecule has 1 amide bonds. The van der Waals surface area contributed by atoms with Gasteiger partial charge in [0.1, 0.15) is 0 Å². The molecule has 0 aliphatic rings. The van der Waals surface area contributed by atoms with Crippen molar-refractivity contribution in [3.8, 4) is 0 Å². The van der Waals surface area contributed by atoms with Crippen LogP contribution in [0.2, 0.25) is 0 Å². The van der Waals surface area contributed by atoms with Crippen LogP contribution in [-0.4, -0.2) is 29.6 Å². The number of ether oxygens (including phenoxy) is 1. The number of carbonyl (C=O) groups excluding carboxylic acids is 1. The van der Waals surface area contributed by atoms with E-state index in [0.717, 1.165) is 11.1 Å². The lowest BCUT2D eigenvalue weighted by Crippen LogP contribution is -2.09. The highest BCUT2D eigenvalue weighted by molar-refractivity contribution is 7.84. The fourth-order valence-corrected chi connectivity index (χ4v) is 3.58. The van der Waals surface area contributed by atoms with Crippen LogP contribution in [0.1, 0.15) is 11.1 Å². The summed E-state index contributed by atoms with van der Waals surface area (Å²) >= 11 is 1.59. The predicted molar refractivity (Wildman–Crippen MR) is 97.0 cm³/mol. The van der Waals surface area contributed by atoms with Crippen LogP contribution in [0, 0.1) is 0 Å². The minimum absolute atomic E-state index is 0.186. The first-order valence-electron chi connectivity index (χ1n) is 7.11. The van der Waals surface area contributed by atoms with Crippen molar-refractivity contribution in [2.45, 2.75) is 5.75 Å². The van der Waals surface area contributed by atoms with E-state index in [9.17, 15) is 9.00 Å². The molecular formula is C17H19NO3S2. The summed E-state index contributed by atoms with van der Waals surface area (Å²) in [6, 6.07) is 9.37. The molecule has 1 aromatic heterocycles. The molecule has 0 aliphatic heterocycles. The van der Waals surface area contributed by atoms with E-state index >= 15 is 0 Å². The van der Waals surface area contributed by atoms with Gasteiger partial charge in [0.2, 0.25) is 5.91 Å². The number of carbonyl (C=O) groups is 1. The largest absolute Gasteiger partial charge is 0.384 e. The Kier molecular flexibility index (Phi) is 7.19. The SMILES string of the molecule is COCC[S@@](=O)Cc1cccc(NC(=O)/C=C\c2ccsc2)c1. The Morgan fingerprint density at radius 2 is 2.26 bits per heavy atom. The average molecular weight is 349 g/mol. The summed E-state index contributed by atoms with van der Waals surface area (Å²) in [5, 5.41) is 6.75. The monoisotopic (exact) mass is 349 g/mol. The standard InChI is InChI=1S/C17H19NO3S2/c1-21-8-10-23(20)13-15-3-2-4-16(11-15)18-17(19)6-5-14-7-9-22-12-14/h2-7,9,11-12H,8,10,13H2,1H3,(H,18,19)/b6-5-/t23-/m1/s1. The molecule has 6 heteroatoms. The van der Waals surface area contributed by atoms with Gasteiger partial charge in [-0.1, -0.05) is 12.1 Å². The minimum Gasteiger partial charge on any atom is -0.384 e. The molecule has 0 fully saturated rings. The van der Waals surface area contributed by atoms with Gasteiger partial charge in [-0.05, 0) is 46.2 Å². The van der Waals surface area contributed by atoms with Crippen LogP contribution in [0.25, 0.3) is 6.08 Å². The van der Waals surface area contributed by atoms with Gasteiger partial charge in [0, 0.05) is 41.2 Å². The number of nitrogens with one attached hydrogen (secondary N) is 1. The molecule has 122 valence electrons. The third kappa shape index (κ3) is 6.48. The van der Waals surface area contributed by atoms with Crippen LogP contribution in [0.5, 0.6) is 0 Å². The molecule has 23 heavy (non-hydrogen) atoms. The molecule has 1 heterocycles. The summed E-state index contributed by atoms with van der Waals surface area (Å²) in [7, 11) is 0.628. The summed E-state index contributed by atoms with van der Waals surface area (Å²) in [5.41, 5.74) is 2.64. The second-order valence-corrected chi connectivity index (χ2v) is 7.22. The van der Waals surface area contributed by atoms with Gasteiger partial charge in [0.25, 0.3) is 0 Å². The molecule has 0 spiro atoms. The van der Waals surface area contributed by atoms with Crippen LogP contribution in [0.4, 0.5) is 5.69 Å². The first-order chi connectivity index (χ1) is 11.2. The van der Waals surface area contributed by atoms with Crippen molar-refractivity contribution in [1.82, 2.24) is 0 Å². The molecule has 1 aromatic carbocycles. The van der Waals surface area contributed by atoms with Gasteiger partial charge in [-0.3, -0.25) is 9.00 Å². The van der Waals surface area contributed by atoms with E-state index in [0.29, 0.717) is 23.8 Å². The van der Waals surface area contributed by atoms with Crippen molar-refractivity contribution in [3.05, 3.63) is 58.3 Å². The Morgan fingerprint density at radius 1 is 1.39 bits per heavy atom. The summed E-state index contributed by atoms with van der Waals surface area (Å²) in [5.74, 6) is 0.780. The fourth-order valence-electron chi connectivity index (χ4n) is 1.90. The number of anilines is 1. The fraction of sp³-hybridized carbons (Fsp3) is 0.235. The summed E-state index contributed by atoms with van der Waals surface area (Å²) in [6.45, 7) is 0.483. The molecule has 0 unspecified atom stereocenters. The molecule has 0 aliphatic carbocycles. The zero-order valence-electron chi connectivity index (χ0n) is 12.9. The van der Waals surface area contributed by atoms with Crippen LogP contribution >= 0.6 is 11.3 Å². The van der Waals surface area contributed by atoms with Gasteiger partial charge in [0.15, 0.2) is 0 Å². The number of hydrogen-bond acceptors (Lipinski definition) is 4. The Bertz CT molecular complexity index is 681. The zero-order valence-corrected chi connectivity index (χ0v) is 14.5. The number of rotatable bonds is 8. The van der Waals surface area contributed by atoms with Crippen molar-refractivity contribution >= 4 is 39.8 Å². The van der Waals surface area contributed by atoms with E-state index in [-0.39, 0.29) is 5.91 Å². The van der Waals surface area contributed by atoms with Crippen molar-refractivity contribution in [3.63, 3.8) is 0 Å². The maximum absolute atomic E-state index is 11.9. The number of benzene rings is 1. The number of methoxy groups -OCH3 is 1. The van der Waals surface area contributed by atoms with Gasteiger partial charge in [0.05, 0.1) is 6.61 Å². The zero-order chi connectivity index (χ0) is 16.5. The first kappa shape index (κ1) is 17.6. The van der Waals surface area contributed by atoms with Gasteiger partial charge >= 0.3 is 0 Å². The average Bonchev–Trinajstić information content (AvgIpc) is 3.05. The molecule has 0 saturated heterocycles. The third-order valence-electron chi connectivity index (χ3n) is 3.01. The van der Waals surface area contributed by atoms with Gasteiger partial charge in [-0.15, -0.1) is 0 Å². The lowest BCUT2D eigenvalue weighted by molar-refractivity contribution is -0.111. The lowest BCUT2D eigenvalue weighted by atomic mass is 10.2. The van der Waals surface area contributed by atoms with E-state index in [1.807, 2.05) is 41.1 Å². The first-order valence-corrected chi connectivity index (χ1v) is 9.54. The van der Waals surface area contributed by atoms with Gasteiger partial charge in [-0.2, -0.15) is 11.3 Å². The topological polar surface area (TPSA) is 55.4 Å². The molecule has 0 bridgehead atoms.